The van der Waals surface area contributed by atoms with E-state index in [0.717, 1.165) is 25.7 Å². The van der Waals surface area contributed by atoms with Crippen molar-refractivity contribution in [2.75, 3.05) is 7.11 Å². The van der Waals surface area contributed by atoms with E-state index in [4.69, 9.17) is 4.74 Å². The molecule has 1 aliphatic carbocycles. The summed E-state index contributed by atoms with van der Waals surface area (Å²) in [4.78, 5) is 12.1. The molecule has 0 unspecified atom stereocenters. The molecule has 0 spiro atoms. The van der Waals surface area contributed by atoms with Gasteiger partial charge in [0.1, 0.15) is 5.75 Å². The monoisotopic (exact) mass is 249 g/mol. The van der Waals surface area contributed by atoms with E-state index in [1.165, 1.54) is 0 Å². The zero-order chi connectivity index (χ0) is 13.0. The highest BCUT2D eigenvalue weighted by Crippen LogP contribution is 2.21. The summed E-state index contributed by atoms with van der Waals surface area (Å²) < 4.78 is 5.17. The van der Waals surface area contributed by atoms with Crippen LogP contribution in [0.15, 0.2) is 24.3 Å². The second-order valence-electron chi connectivity index (χ2n) is 4.68. The quantitative estimate of drug-likeness (QED) is 0.857. The van der Waals surface area contributed by atoms with E-state index in [1.807, 2.05) is 12.1 Å². The second kappa shape index (κ2) is 5.87. The number of benzene rings is 1. The third-order valence-electron chi connectivity index (χ3n) is 3.38. The summed E-state index contributed by atoms with van der Waals surface area (Å²) >= 11 is 0. The van der Waals surface area contributed by atoms with Crippen LogP contribution in [0.2, 0.25) is 0 Å². The molecule has 0 saturated heterocycles. The molecule has 1 amide bonds. The van der Waals surface area contributed by atoms with Gasteiger partial charge in [0.25, 0.3) is 5.91 Å². The van der Waals surface area contributed by atoms with Crippen molar-refractivity contribution in [1.82, 2.24) is 5.32 Å². The summed E-state index contributed by atoms with van der Waals surface area (Å²) in [6.07, 6.45) is 2.99. The first kappa shape index (κ1) is 12.9. The average molecular weight is 249 g/mol. The molecule has 0 aliphatic heterocycles. The minimum absolute atomic E-state index is 0.103. The van der Waals surface area contributed by atoms with Crippen molar-refractivity contribution in [2.45, 2.75) is 37.8 Å². The molecule has 1 aromatic rings. The highest BCUT2D eigenvalue weighted by atomic mass is 16.5. The Morgan fingerprint density at radius 2 is 1.94 bits per heavy atom. The van der Waals surface area contributed by atoms with Crippen molar-refractivity contribution >= 4 is 5.91 Å². The molecule has 1 fully saturated rings. The van der Waals surface area contributed by atoms with Crippen LogP contribution in [0.1, 0.15) is 36.0 Å². The van der Waals surface area contributed by atoms with Crippen LogP contribution < -0.4 is 10.1 Å². The Bertz CT molecular complexity index is 411. The van der Waals surface area contributed by atoms with Crippen LogP contribution in [0.5, 0.6) is 5.75 Å². The molecule has 1 aliphatic rings. The van der Waals surface area contributed by atoms with Gasteiger partial charge in [-0.3, -0.25) is 4.79 Å². The van der Waals surface area contributed by atoms with Crippen LogP contribution in [-0.4, -0.2) is 30.3 Å². The van der Waals surface area contributed by atoms with E-state index >= 15 is 0 Å². The number of para-hydroxylation sites is 1. The van der Waals surface area contributed by atoms with E-state index < -0.39 is 0 Å². The van der Waals surface area contributed by atoms with Crippen LogP contribution in [0.3, 0.4) is 0 Å². The van der Waals surface area contributed by atoms with Gasteiger partial charge in [0.05, 0.1) is 18.8 Å². The number of rotatable bonds is 3. The molecular formula is C14H19NO3. The van der Waals surface area contributed by atoms with Gasteiger partial charge in [-0.25, -0.2) is 0 Å². The van der Waals surface area contributed by atoms with Crippen molar-refractivity contribution in [3.8, 4) is 5.75 Å². The summed E-state index contributed by atoms with van der Waals surface area (Å²) in [5, 5.41) is 12.4. The molecule has 2 N–H and O–H groups in total. The Balaban J connectivity index is 1.99. The summed E-state index contributed by atoms with van der Waals surface area (Å²) in [5.41, 5.74) is 0.561. The number of nitrogens with one attached hydrogen (secondary N) is 1. The fourth-order valence-electron chi connectivity index (χ4n) is 2.32. The first-order valence-electron chi connectivity index (χ1n) is 6.32. The smallest absolute Gasteiger partial charge is 0.255 e. The molecule has 18 heavy (non-hydrogen) atoms. The van der Waals surface area contributed by atoms with E-state index in [2.05, 4.69) is 5.32 Å². The number of hydrogen-bond acceptors (Lipinski definition) is 3. The van der Waals surface area contributed by atoms with Gasteiger partial charge in [0.2, 0.25) is 0 Å². The zero-order valence-electron chi connectivity index (χ0n) is 10.6. The molecule has 1 aromatic carbocycles. The molecule has 0 aromatic heterocycles. The largest absolute Gasteiger partial charge is 0.496 e. The van der Waals surface area contributed by atoms with Crippen molar-refractivity contribution in [2.24, 2.45) is 0 Å². The van der Waals surface area contributed by atoms with Crippen LogP contribution >= 0.6 is 0 Å². The van der Waals surface area contributed by atoms with Crippen LogP contribution in [0.25, 0.3) is 0 Å². The van der Waals surface area contributed by atoms with Gasteiger partial charge in [-0.15, -0.1) is 0 Å². The van der Waals surface area contributed by atoms with E-state index in [0.29, 0.717) is 11.3 Å². The van der Waals surface area contributed by atoms with Gasteiger partial charge in [0, 0.05) is 6.04 Å². The fraction of sp³-hybridized carbons (Fsp3) is 0.500. The van der Waals surface area contributed by atoms with Crippen molar-refractivity contribution in [1.29, 1.82) is 0 Å². The predicted octanol–water partition coefficient (Wildman–Crippen LogP) is 1.73. The number of carbonyl (C=O) groups excluding carboxylic acids is 1. The zero-order valence-corrected chi connectivity index (χ0v) is 10.6. The molecule has 0 radical (unpaired) electrons. The van der Waals surface area contributed by atoms with Gasteiger partial charge >= 0.3 is 0 Å². The van der Waals surface area contributed by atoms with Crippen LogP contribution in [-0.2, 0) is 0 Å². The van der Waals surface area contributed by atoms with Crippen molar-refractivity contribution < 1.29 is 14.6 Å². The maximum absolute atomic E-state index is 12.1. The average Bonchev–Trinajstić information content (AvgIpc) is 2.41. The number of ether oxygens (including phenoxy) is 1. The lowest BCUT2D eigenvalue weighted by Crippen LogP contribution is -2.38. The molecule has 1 saturated carbocycles. The molecular weight excluding hydrogens is 230 g/mol. The van der Waals surface area contributed by atoms with Crippen LogP contribution in [0, 0.1) is 0 Å². The first-order chi connectivity index (χ1) is 8.70. The Morgan fingerprint density at radius 1 is 1.28 bits per heavy atom. The molecule has 0 atom stereocenters. The van der Waals surface area contributed by atoms with Gasteiger partial charge in [0.15, 0.2) is 0 Å². The second-order valence-corrected chi connectivity index (χ2v) is 4.68. The minimum atomic E-state index is -0.204. The Hall–Kier alpha value is -1.55. The maximum atomic E-state index is 12.1. The number of methoxy groups -OCH3 is 1. The SMILES string of the molecule is COc1ccccc1C(=O)NC1CCC(O)CC1. The van der Waals surface area contributed by atoms with Gasteiger partial charge < -0.3 is 15.2 Å². The molecule has 0 heterocycles. The van der Waals surface area contributed by atoms with Gasteiger partial charge in [-0.2, -0.15) is 0 Å². The molecule has 4 heteroatoms. The first-order valence-corrected chi connectivity index (χ1v) is 6.32. The number of carbonyl (C=O) groups is 1. The van der Waals surface area contributed by atoms with E-state index in [1.54, 1.807) is 19.2 Å². The molecule has 0 bridgehead atoms. The summed E-state index contributed by atoms with van der Waals surface area (Å²) in [6, 6.07) is 7.35. The standard InChI is InChI=1S/C14H19NO3/c1-18-13-5-3-2-4-12(13)14(17)15-10-6-8-11(16)9-7-10/h2-5,10-11,16H,6-9H2,1H3,(H,15,17). The lowest BCUT2D eigenvalue weighted by Gasteiger charge is -2.26. The normalized spacial score (nSPS) is 23.4. The highest BCUT2D eigenvalue weighted by molar-refractivity contribution is 5.97. The third kappa shape index (κ3) is 3.01. The third-order valence-corrected chi connectivity index (χ3v) is 3.38. The van der Waals surface area contributed by atoms with Gasteiger partial charge in [-0.1, -0.05) is 12.1 Å². The fourth-order valence-corrected chi connectivity index (χ4v) is 2.32. The Morgan fingerprint density at radius 3 is 2.61 bits per heavy atom. The summed E-state index contributed by atoms with van der Waals surface area (Å²) in [5.74, 6) is 0.486. The highest BCUT2D eigenvalue weighted by Gasteiger charge is 2.22. The Labute approximate surface area is 107 Å². The summed E-state index contributed by atoms with van der Waals surface area (Å²) in [7, 11) is 1.56. The van der Waals surface area contributed by atoms with Gasteiger partial charge in [-0.05, 0) is 37.8 Å². The Kier molecular flexibility index (Phi) is 4.20. The van der Waals surface area contributed by atoms with Crippen molar-refractivity contribution in [3.63, 3.8) is 0 Å². The maximum Gasteiger partial charge on any atom is 0.255 e. The number of hydrogen-bond donors (Lipinski definition) is 2. The lowest BCUT2D eigenvalue weighted by molar-refractivity contribution is 0.0865. The number of aliphatic hydroxyl groups excluding tert-OH is 1. The number of aliphatic hydroxyl groups is 1. The predicted molar refractivity (Wildman–Crippen MR) is 68.7 cm³/mol. The van der Waals surface area contributed by atoms with E-state index in [9.17, 15) is 9.90 Å². The molecule has 98 valence electrons. The number of amides is 1. The molecule has 2 rings (SSSR count). The molecule has 4 nitrogen and oxygen atoms in total. The van der Waals surface area contributed by atoms with Crippen molar-refractivity contribution in [3.05, 3.63) is 29.8 Å². The summed E-state index contributed by atoms with van der Waals surface area (Å²) in [6.45, 7) is 0. The topological polar surface area (TPSA) is 58.6 Å². The minimum Gasteiger partial charge on any atom is -0.496 e. The van der Waals surface area contributed by atoms with E-state index in [-0.39, 0.29) is 18.1 Å². The van der Waals surface area contributed by atoms with Crippen LogP contribution in [0.4, 0.5) is 0 Å². The lowest BCUT2D eigenvalue weighted by atomic mass is 9.93.